The van der Waals surface area contributed by atoms with Crippen LogP contribution in [0.5, 0.6) is 5.75 Å². The fourth-order valence-electron chi connectivity index (χ4n) is 2.59. The van der Waals surface area contributed by atoms with Gasteiger partial charge in [0.25, 0.3) is 5.91 Å². The van der Waals surface area contributed by atoms with Gasteiger partial charge in [0.1, 0.15) is 11.3 Å². The third kappa shape index (κ3) is 2.53. The van der Waals surface area contributed by atoms with Crippen LogP contribution in [-0.2, 0) is 9.59 Å². The lowest BCUT2D eigenvalue weighted by Crippen LogP contribution is -2.58. The first-order chi connectivity index (χ1) is 10.0. The number of carboxylic acid groups (broad SMARTS) is 1. The van der Waals surface area contributed by atoms with Gasteiger partial charge in [0, 0.05) is 0 Å². The maximum atomic E-state index is 12.3. The van der Waals surface area contributed by atoms with Gasteiger partial charge in [-0.05, 0) is 37.8 Å². The average molecular weight is 290 g/mol. The maximum Gasteiger partial charge on any atom is 0.329 e. The Balaban J connectivity index is 1.71. The Labute approximate surface area is 122 Å². The molecular formula is C15H18N2O4. The highest BCUT2D eigenvalue weighted by Crippen LogP contribution is 2.40. The number of carbonyl (C=O) groups excluding carboxylic acids is 1. The summed E-state index contributed by atoms with van der Waals surface area (Å²) in [6.07, 6.45) is 0.933. The van der Waals surface area contributed by atoms with Gasteiger partial charge >= 0.3 is 5.97 Å². The number of para-hydroxylation sites is 2. The Morgan fingerprint density at radius 2 is 2.10 bits per heavy atom. The van der Waals surface area contributed by atoms with Crippen molar-refractivity contribution in [2.75, 3.05) is 11.9 Å². The number of nitrogens with one attached hydrogen (secondary N) is 2. The first-order valence-electron chi connectivity index (χ1n) is 7.05. The molecule has 0 bridgehead atoms. The van der Waals surface area contributed by atoms with Crippen LogP contribution in [0, 0.1) is 5.92 Å². The number of carboxylic acids is 1. The van der Waals surface area contributed by atoms with Crippen molar-refractivity contribution in [1.82, 2.24) is 5.32 Å². The quantitative estimate of drug-likeness (QED) is 0.776. The number of benzene rings is 1. The molecule has 1 aromatic carbocycles. The van der Waals surface area contributed by atoms with E-state index in [1.165, 1.54) is 0 Å². The number of hydrogen-bond acceptors (Lipinski definition) is 4. The van der Waals surface area contributed by atoms with Gasteiger partial charge in [-0.2, -0.15) is 0 Å². The molecule has 2 atom stereocenters. The second-order valence-electron chi connectivity index (χ2n) is 5.75. The minimum atomic E-state index is -1.21. The lowest BCUT2D eigenvalue weighted by Gasteiger charge is -2.31. The van der Waals surface area contributed by atoms with Crippen LogP contribution < -0.4 is 15.4 Å². The molecule has 0 saturated heterocycles. The molecule has 2 aliphatic rings. The highest BCUT2D eigenvalue weighted by Gasteiger charge is 2.49. The normalized spacial score (nSPS) is 23.0. The summed E-state index contributed by atoms with van der Waals surface area (Å²) in [5.74, 6) is -0.786. The van der Waals surface area contributed by atoms with E-state index in [0.29, 0.717) is 12.3 Å². The molecule has 0 aromatic heterocycles. The Hall–Kier alpha value is -2.24. The van der Waals surface area contributed by atoms with Crippen molar-refractivity contribution in [3.63, 3.8) is 0 Å². The van der Waals surface area contributed by atoms with Crippen molar-refractivity contribution < 1.29 is 19.4 Å². The van der Waals surface area contributed by atoms with E-state index in [2.05, 4.69) is 10.6 Å². The molecule has 1 aliphatic carbocycles. The number of hydrogen-bond donors (Lipinski definition) is 3. The van der Waals surface area contributed by atoms with Crippen LogP contribution in [0.4, 0.5) is 5.69 Å². The number of aliphatic carboxylic acids is 1. The van der Waals surface area contributed by atoms with Crippen LogP contribution in [0.25, 0.3) is 0 Å². The van der Waals surface area contributed by atoms with E-state index in [4.69, 9.17) is 4.74 Å². The summed E-state index contributed by atoms with van der Waals surface area (Å²) < 4.78 is 5.65. The summed E-state index contributed by atoms with van der Waals surface area (Å²) in [7, 11) is 0. The zero-order valence-corrected chi connectivity index (χ0v) is 11.8. The number of fused-ring (bicyclic) bond motifs is 1. The molecule has 1 aromatic rings. The van der Waals surface area contributed by atoms with Gasteiger partial charge in [-0.3, -0.25) is 4.79 Å². The zero-order valence-electron chi connectivity index (χ0n) is 11.8. The molecule has 1 amide bonds. The number of anilines is 1. The summed E-state index contributed by atoms with van der Waals surface area (Å²) >= 11 is 0. The van der Waals surface area contributed by atoms with Gasteiger partial charge in [-0.25, -0.2) is 4.79 Å². The number of ether oxygens (including phenoxy) is 1. The molecule has 1 fully saturated rings. The first-order valence-corrected chi connectivity index (χ1v) is 7.05. The molecule has 3 rings (SSSR count). The van der Waals surface area contributed by atoms with Crippen LogP contribution in [0.2, 0.25) is 0 Å². The molecule has 1 aliphatic heterocycles. The molecule has 3 N–H and O–H groups in total. The first kappa shape index (κ1) is 13.7. The van der Waals surface area contributed by atoms with Crippen molar-refractivity contribution >= 4 is 17.6 Å². The lowest BCUT2D eigenvalue weighted by molar-refractivity contribution is -0.149. The van der Waals surface area contributed by atoms with Crippen LogP contribution >= 0.6 is 0 Å². The van der Waals surface area contributed by atoms with Gasteiger partial charge < -0.3 is 20.5 Å². The van der Waals surface area contributed by atoms with E-state index >= 15 is 0 Å². The molecule has 0 radical (unpaired) electrons. The third-order valence-corrected chi connectivity index (χ3v) is 4.15. The molecular weight excluding hydrogens is 272 g/mol. The summed E-state index contributed by atoms with van der Waals surface area (Å²) in [4.78, 5) is 23.8. The summed E-state index contributed by atoms with van der Waals surface area (Å²) in [6, 6.07) is 7.35. The number of amides is 1. The van der Waals surface area contributed by atoms with Gasteiger partial charge in [0.15, 0.2) is 6.10 Å². The van der Waals surface area contributed by atoms with E-state index in [-0.39, 0.29) is 5.92 Å². The minimum Gasteiger partial charge on any atom is -0.480 e. The largest absolute Gasteiger partial charge is 0.480 e. The van der Waals surface area contributed by atoms with Gasteiger partial charge in [-0.1, -0.05) is 12.1 Å². The van der Waals surface area contributed by atoms with Crippen molar-refractivity contribution in [3.05, 3.63) is 24.3 Å². The molecule has 0 spiro atoms. The van der Waals surface area contributed by atoms with Crippen LogP contribution in [0.15, 0.2) is 24.3 Å². The van der Waals surface area contributed by atoms with Crippen molar-refractivity contribution in [1.29, 1.82) is 0 Å². The second kappa shape index (κ2) is 4.95. The maximum absolute atomic E-state index is 12.3. The van der Waals surface area contributed by atoms with Crippen LogP contribution in [-0.4, -0.2) is 35.2 Å². The molecule has 21 heavy (non-hydrogen) atoms. The highest BCUT2D eigenvalue weighted by molar-refractivity contribution is 5.90. The molecule has 6 nitrogen and oxygen atoms in total. The monoisotopic (exact) mass is 290 g/mol. The van der Waals surface area contributed by atoms with E-state index < -0.39 is 23.5 Å². The Bertz CT molecular complexity index is 585. The molecule has 1 saturated carbocycles. The van der Waals surface area contributed by atoms with Crippen molar-refractivity contribution in [2.24, 2.45) is 5.92 Å². The van der Waals surface area contributed by atoms with E-state index in [9.17, 15) is 14.7 Å². The minimum absolute atomic E-state index is 0.00258. The molecule has 6 heteroatoms. The fraction of sp³-hybridized carbons (Fsp3) is 0.467. The SMILES string of the molecule is CC(NC(=O)C1CNc2ccccc2O1)(C(=O)O)C1CC1. The number of rotatable bonds is 4. The predicted octanol–water partition coefficient (Wildman–Crippen LogP) is 1.23. The second-order valence-corrected chi connectivity index (χ2v) is 5.75. The predicted molar refractivity (Wildman–Crippen MR) is 76.3 cm³/mol. The van der Waals surface area contributed by atoms with Crippen LogP contribution in [0.1, 0.15) is 19.8 Å². The fourth-order valence-corrected chi connectivity index (χ4v) is 2.59. The van der Waals surface area contributed by atoms with Crippen molar-refractivity contribution in [3.8, 4) is 5.75 Å². The summed E-state index contributed by atoms with van der Waals surface area (Å²) in [5, 5.41) is 15.1. The highest BCUT2D eigenvalue weighted by atomic mass is 16.5. The molecule has 1 heterocycles. The average Bonchev–Trinajstić information content (AvgIpc) is 3.31. The van der Waals surface area contributed by atoms with E-state index in [1.54, 1.807) is 13.0 Å². The van der Waals surface area contributed by atoms with Gasteiger partial charge in [0.05, 0.1) is 12.2 Å². The number of carbonyl (C=O) groups is 2. The van der Waals surface area contributed by atoms with E-state index in [0.717, 1.165) is 18.5 Å². The Morgan fingerprint density at radius 3 is 2.76 bits per heavy atom. The molecule has 2 unspecified atom stereocenters. The zero-order chi connectivity index (χ0) is 15.0. The van der Waals surface area contributed by atoms with Crippen molar-refractivity contribution in [2.45, 2.75) is 31.4 Å². The van der Waals surface area contributed by atoms with Gasteiger partial charge in [0.2, 0.25) is 0 Å². The summed E-state index contributed by atoms with van der Waals surface area (Å²) in [5.41, 5.74) is -0.373. The smallest absolute Gasteiger partial charge is 0.329 e. The standard InChI is InChI=1S/C15H18N2O4/c1-15(14(19)20,9-6-7-9)17-13(18)12-8-16-10-4-2-3-5-11(10)21-12/h2-5,9,12,16H,6-8H2,1H3,(H,17,18)(H,19,20). The van der Waals surface area contributed by atoms with Gasteiger partial charge in [-0.15, -0.1) is 0 Å². The Kier molecular flexibility index (Phi) is 3.23. The molecule has 112 valence electrons. The van der Waals surface area contributed by atoms with E-state index in [1.807, 2.05) is 18.2 Å². The third-order valence-electron chi connectivity index (χ3n) is 4.15. The summed E-state index contributed by atoms with van der Waals surface area (Å²) in [6.45, 7) is 1.89. The van der Waals surface area contributed by atoms with Crippen LogP contribution in [0.3, 0.4) is 0 Å². The Morgan fingerprint density at radius 1 is 1.38 bits per heavy atom. The lowest BCUT2D eigenvalue weighted by atomic mass is 9.95. The topological polar surface area (TPSA) is 87.7 Å².